The molecule has 0 aromatic heterocycles. The summed E-state index contributed by atoms with van der Waals surface area (Å²) in [5.74, 6) is 0. The van der Waals surface area contributed by atoms with Crippen LogP contribution >= 0.6 is 7.29 Å². The van der Waals surface area contributed by atoms with Gasteiger partial charge in [0.1, 0.15) is 0 Å². The third-order valence-corrected chi connectivity index (χ3v) is 8.39. The standard InChI is InChI=1S/C23H18NOP/c1-24-21-16-15-17-9-5-6-12-19(17)23(21)20-13-7-8-14-22(20)26(24,25)18-10-3-2-4-11-18/h2-16H,1H3/t26-/m0/s1. The van der Waals surface area contributed by atoms with E-state index in [1.165, 1.54) is 16.3 Å². The monoisotopic (exact) mass is 355 g/mol. The Morgan fingerprint density at radius 1 is 0.731 bits per heavy atom. The number of benzene rings is 4. The Kier molecular flexibility index (Phi) is 3.32. The van der Waals surface area contributed by atoms with Gasteiger partial charge in [0.2, 0.25) is 7.29 Å². The van der Waals surface area contributed by atoms with Gasteiger partial charge >= 0.3 is 0 Å². The van der Waals surface area contributed by atoms with Gasteiger partial charge in [0, 0.05) is 23.2 Å². The van der Waals surface area contributed by atoms with Gasteiger partial charge in [0.15, 0.2) is 0 Å². The first-order valence-electron chi connectivity index (χ1n) is 8.73. The fraction of sp³-hybridized carbons (Fsp3) is 0.0435. The van der Waals surface area contributed by atoms with Crippen LogP contribution in [0.3, 0.4) is 0 Å². The summed E-state index contributed by atoms with van der Waals surface area (Å²) in [5, 5.41) is 4.18. The van der Waals surface area contributed by atoms with Crippen LogP contribution in [0.4, 0.5) is 5.69 Å². The maximum Gasteiger partial charge on any atom is 0.230 e. The van der Waals surface area contributed by atoms with Gasteiger partial charge in [-0.2, -0.15) is 0 Å². The normalized spacial score (nSPS) is 18.4. The average Bonchev–Trinajstić information content (AvgIpc) is 2.72. The number of hydrogen-bond acceptors (Lipinski definition) is 1. The quantitative estimate of drug-likeness (QED) is 0.438. The predicted octanol–water partition coefficient (Wildman–Crippen LogP) is 5.19. The SMILES string of the molecule is CN1c2ccc3ccccc3c2-c2ccccc2[P@@]1(=O)c1ccccc1. The van der Waals surface area contributed by atoms with Crippen LogP contribution in [0.25, 0.3) is 21.9 Å². The maximum atomic E-state index is 14.4. The van der Waals surface area contributed by atoms with Gasteiger partial charge in [-0.25, -0.2) is 0 Å². The molecular formula is C23H18NOP. The highest BCUT2D eigenvalue weighted by Crippen LogP contribution is 2.57. The van der Waals surface area contributed by atoms with E-state index >= 15 is 0 Å². The average molecular weight is 355 g/mol. The summed E-state index contributed by atoms with van der Waals surface area (Å²) in [7, 11) is -0.968. The fourth-order valence-corrected chi connectivity index (χ4v) is 6.81. The molecule has 4 aromatic rings. The second kappa shape index (κ2) is 5.59. The van der Waals surface area contributed by atoms with Gasteiger partial charge in [0.05, 0.1) is 5.69 Å². The van der Waals surface area contributed by atoms with E-state index in [0.717, 1.165) is 21.9 Å². The Labute approximate surface area is 153 Å². The van der Waals surface area contributed by atoms with Gasteiger partial charge in [-0.05, 0) is 40.6 Å². The molecular weight excluding hydrogens is 337 g/mol. The van der Waals surface area contributed by atoms with E-state index in [9.17, 15) is 4.57 Å². The number of hydrogen-bond donors (Lipinski definition) is 0. The molecule has 1 atom stereocenters. The van der Waals surface area contributed by atoms with Crippen molar-refractivity contribution < 1.29 is 4.57 Å². The molecule has 3 heteroatoms. The second-order valence-electron chi connectivity index (χ2n) is 6.63. The zero-order chi connectivity index (χ0) is 17.7. The second-order valence-corrected chi connectivity index (χ2v) is 9.38. The van der Waals surface area contributed by atoms with Gasteiger partial charge in [-0.15, -0.1) is 0 Å². The molecule has 0 amide bonds. The lowest BCUT2D eigenvalue weighted by atomic mass is 9.96. The summed E-state index contributed by atoms with van der Waals surface area (Å²) in [5.41, 5.74) is 3.27. The van der Waals surface area contributed by atoms with Crippen LogP contribution in [0, 0.1) is 0 Å². The zero-order valence-electron chi connectivity index (χ0n) is 14.5. The molecule has 0 bridgehead atoms. The molecule has 0 spiro atoms. The number of nitrogens with zero attached hydrogens (tertiary/aromatic N) is 1. The number of anilines is 1. The molecule has 0 saturated heterocycles. The minimum Gasteiger partial charge on any atom is -0.318 e. The molecule has 1 heterocycles. The lowest BCUT2D eigenvalue weighted by Crippen LogP contribution is -2.33. The van der Waals surface area contributed by atoms with Gasteiger partial charge < -0.3 is 4.67 Å². The molecule has 2 nitrogen and oxygen atoms in total. The smallest absolute Gasteiger partial charge is 0.230 e. The van der Waals surface area contributed by atoms with Crippen molar-refractivity contribution in [2.24, 2.45) is 0 Å². The van der Waals surface area contributed by atoms with Crippen molar-refractivity contribution in [2.75, 3.05) is 11.7 Å². The van der Waals surface area contributed by atoms with Crippen LogP contribution in [0.15, 0.2) is 91.0 Å². The molecule has 1 aliphatic heterocycles. The predicted molar refractivity (Wildman–Crippen MR) is 111 cm³/mol. The molecule has 4 aromatic carbocycles. The van der Waals surface area contributed by atoms with Crippen molar-refractivity contribution in [1.82, 2.24) is 0 Å². The van der Waals surface area contributed by atoms with E-state index in [4.69, 9.17) is 0 Å². The largest absolute Gasteiger partial charge is 0.318 e. The minimum absolute atomic E-state index is 0.869. The third kappa shape index (κ3) is 1.97. The summed E-state index contributed by atoms with van der Waals surface area (Å²) >= 11 is 0. The van der Waals surface area contributed by atoms with E-state index in [1.54, 1.807) is 0 Å². The van der Waals surface area contributed by atoms with Crippen LogP contribution in [-0.4, -0.2) is 7.05 Å². The summed E-state index contributed by atoms with van der Waals surface area (Å²) in [6.45, 7) is 0. The van der Waals surface area contributed by atoms with Gasteiger partial charge in [-0.1, -0.05) is 66.7 Å². The Morgan fingerprint density at radius 3 is 2.27 bits per heavy atom. The first-order chi connectivity index (χ1) is 12.7. The first-order valence-corrected chi connectivity index (χ1v) is 10.4. The van der Waals surface area contributed by atoms with Crippen LogP contribution < -0.4 is 15.3 Å². The van der Waals surface area contributed by atoms with Crippen molar-refractivity contribution >= 4 is 34.4 Å². The molecule has 0 aliphatic carbocycles. The van der Waals surface area contributed by atoms with Crippen LogP contribution in [-0.2, 0) is 4.57 Å². The lowest BCUT2D eigenvalue weighted by Gasteiger charge is -2.38. The summed E-state index contributed by atoms with van der Waals surface area (Å²) in [6.07, 6.45) is 0. The molecule has 5 rings (SSSR count). The van der Waals surface area contributed by atoms with Gasteiger partial charge in [-0.3, -0.25) is 4.57 Å². The van der Waals surface area contributed by atoms with E-state index in [1.807, 2.05) is 60.2 Å². The highest BCUT2D eigenvalue weighted by atomic mass is 31.2. The van der Waals surface area contributed by atoms with E-state index < -0.39 is 7.29 Å². The molecule has 0 saturated carbocycles. The topological polar surface area (TPSA) is 20.3 Å². The van der Waals surface area contributed by atoms with E-state index in [-0.39, 0.29) is 0 Å². The zero-order valence-corrected chi connectivity index (χ0v) is 15.4. The minimum atomic E-state index is -2.92. The van der Waals surface area contributed by atoms with Crippen LogP contribution in [0.2, 0.25) is 0 Å². The first kappa shape index (κ1) is 15.4. The molecule has 0 radical (unpaired) electrons. The molecule has 126 valence electrons. The Morgan fingerprint density at radius 2 is 1.42 bits per heavy atom. The molecule has 0 N–H and O–H groups in total. The summed E-state index contributed by atoms with van der Waals surface area (Å²) in [4.78, 5) is 0. The maximum absolute atomic E-state index is 14.4. The molecule has 26 heavy (non-hydrogen) atoms. The number of fused-ring (bicyclic) bond motifs is 5. The van der Waals surface area contributed by atoms with Crippen molar-refractivity contribution in [3.8, 4) is 11.1 Å². The summed E-state index contributed by atoms with van der Waals surface area (Å²) < 4.78 is 16.4. The lowest BCUT2D eigenvalue weighted by molar-refractivity contribution is 0.586. The van der Waals surface area contributed by atoms with Crippen molar-refractivity contribution in [2.45, 2.75) is 0 Å². The van der Waals surface area contributed by atoms with Crippen molar-refractivity contribution in [3.63, 3.8) is 0 Å². The van der Waals surface area contributed by atoms with Crippen LogP contribution in [0.5, 0.6) is 0 Å². The summed E-state index contributed by atoms with van der Waals surface area (Å²) in [6, 6.07) is 30.6. The molecule has 0 unspecified atom stereocenters. The Bertz CT molecular complexity index is 1180. The highest BCUT2D eigenvalue weighted by Gasteiger charge is 2.40. The highest BCUT2D eigenvalue weighted by molar-refractivity contribution is 7.80. The Hall–Kier alpha value is -2.83. The number of rotatable bonds is 1. The van der Waals surface area contributed by atoms with Crippen molar-refractivity contribution in [1.29, 1.82) is 0 Å². The van der Waals surface area contributed by atoms with Crippen LogP contribution in [0.1, 0.15) is 0 Å². The third-order valence-electron chi connectivity index (χ3n) is 5.28. The van der Waals surface area contributed by atoms with E-state index in [0.29, 0.717) is 0 Å². The van der Waals surface area contributed by atoms with Gasteiger partial charge in [0.25, 0.3) is 0 Å². The van der Waals surface area contributed by atoms with E-state index in [2.05, 4.69) is 42.5 Å². The molecule has 1 aliphatic rings. The fourth-order valence-electron chi connectivity index (χ4n) is 4.02. The molecule has 0 fully saturated rings. The Balaban J connectivity index is 1.92. The van der Waals surface area contributed by atoms with Crippen molar-refractivity contribution in [3.05, 3.63) is 91.0 Å².